The van der Waals surface area contributed by atoms with Crippen molar-refractivity contribution in [2.24, 2.45) is 7.05 Å². The summed E-state index contributed by atoms with van der Waals surface area (Å²) in [6.07, 6.45) is 0.371. The monoisotopic (exact) mass is 288 g/mol. The number of hydrogen-bond acceptors (Lipinski definition) is 4. The summed E-state index contributed by atoms with van der Waals surface area (Å²) < 4.78 is 6.17. The van der Waals surface area contributed by atoms with Crippen LogP contribution in [0.25, 0.3) is 0 Å². The highest BCUT2D eigenvalue weighted by Gasteiger charge is 2.20. The second kappa shape index (κ2) is 5.78. The minimum atomic E-state index is -1.28. The molecule has 6 nitrogen and oxygen atoms in total. The van der Waals surface area contributed by atoms with Crippen LogP contribution in [0.15, 0.2) is 29.1 Å². The van der Waals surface area contributed by atoms with Gasteiger partial charge in [0.15, 0.2) is 5.69 Å². The van der Waals surface area contributed by atoms with Crippen LogP contribution in [0.2, 0.25) is 0 Å². The number of ether oxygens (including phenoxy) is 1. The van der Waals surface area contributed by atoms with Crippen LogP contribution in [0.1, 0.15) is 27.4 Å². The number of carbonyl (C=O) groups is 1. The van der Waals surface area contributed by atoms with E-state index in [2.05, 4.69) is 4.98 Å². The Morgan fingerprint density at radius 3 is 2.48 bits per heavy atom. The third kappa shape index (κ3) is 2.94. The van der Waals surface area contributed by atoms with Crippen molar-refractivity contribution in [3.8, 4) is 5.75 Å². The van der Waals surface area contributed by atoms with Crippen LogP contribution in [0.3, 0.4) is 0 Å². The van der Waals surface area contributed by atoms with E-state index in [4.69, 9.17) is 9.84 Å². The van der Waals surface area contributed by atoms with Crippen molar-refractivity contribution in [3.05, 3.63) is 57.3 Å². The average Bonchev–Trinajstić information content (AvgIpc) is 2.45. The normalized spacial score (nSPS) is 10.4. The minimum Gasteiger partial charge on any atom is -0.489 e. The molecule has 1 aromatic carbocycles. The van der Waals surface area contributed by atoms with Gasteiger partial charge in [0.05, 0.1) is 7.11 Å². The highest BCUT2D eigenvalue weighted by molar-refractivity contribution is 5.88. The molecule has 0 atom stereocenters. The Balaban J connectivity index is 2.51. The van der Waals surface area contributed by atoms with Crippen LogP contribution in [-0.4, -0.2) is 27.7 Å². The van der Waals surface area contributed by atoms with E-state index >= 15 is 0 Å². The Morgan fingerprint density at radius 2 is 1.95 bits per heavy atom. The van der Waals surface area contributed by atoms with Crippen molar-refractivity contribution >= 4 is 5.97 Å². The quantitative estimate of drug-likeness (QED) is 0.919. The first-order valence-electron chi connectivity index (χ1n) is 6.36. The Labute approximate surface area is 121 Å². The molecule has 2 rings (SSSR count). The Bertz CT molecular complexity index is 733. The van der Waals surface area contributed by atoms with E-state index in [9.17, 15) is 9.59 Å². The average molecular weight is 288 g/mol. The summed E-state index contributed by atoms with van der Waals surface area (Å²) in [5.74, 6) is -1.16. The molecule has 110 valence electrons. The van der Waals surface area contributed by atoms with Crippen LogP contribution in [0.5, 0.6) is 5.75 Å². The van der Waals surface area contributed by atoms with Crippen molar-refractivity contribution in [3.63, 3.8) is 0 Å². The molecule has 0 fully saturated rings. The van der Waals surface area contributed by atoms with Gasteiger partial charge >= 0.3 is 5.97 Å². The summed E-state index contributed by atoms with van der Waals surface area (Å²) in [4.78, 5) is 27.4. The first-order valence-corrected chi connectivity index (χ1v) is 6.36. The van der Waals surface area contributed by atoms with Gasteiger partial charge in [-0.05, 0) is 12.5 Å². The number of aryl methyl sites for hydroxylation is 1. The molecular weight excluding hydrogens is 272 g/mol. The van der Waals surface area contributed by atoms with Crippen LogP contribution in [0, 0.1) is 6.92 Å². The fourth-order valence-corrected chi connectivity index (χ4v) is 2.00. The third-order valence-electron chi connectivity index (χ3n) is 3.23. The Hall–Kier alpha value is -2.63. The number of carboxylic acids is 1. The number of aromatic carboxylic acids is 1. The minimum absolute atomic E-state index is 0.252. The highest BCUT2D eigenvalue weighted by atomic mass is 16.5. The molecule has 0 saturated heterocycles. The number of aromatic nitrogens is 2. The molecule has 1 heterocycles. The topological polar surface area (TPSA) is 81.4 Å². The molecule has 0 bridgehead atoms. The Morgan fingerprint density at radius 1 is 1.33 bits per heavy atom. The molecule has 0 aliphatic heterocycles. The van der Waals surface area contributed by atoms with E-state index in [1.807, 2.05) is 31.2 Å². The van der Waals surface area contributed by atoms with Gasteiger partial charge in [-0.25, -0.2) is 9.78 Å². The van der Waals surface area contributed by atoms with E-state index in [0.29, 0.717) is 12.2 Å². The van der Waals surface area contributed by atoms with Gasteiger partial charge < -0.3 is 9.84 Å². The predicted octanol–water partition coefficient (Wildman–Crippen LogP) is 1.39. The lowest BCUT2D eigenvalue weighted by Gasteiger charge is -2.11. The summed E-state index contributed by atoms with van der Waals surface area (Å²) in [6, 6.07) is 7.75. The number of rotatable bonds is 4. The largest absolute Gasteiger partial charge is 0.489 e. The molecule has 0 saturated carbocycles. The SMILES string of the molecule is COc1c(C(=O)O)nc(Cc2ccc(C)cc2)n(C)c1=O. The van der Waals surface area contributed by atoms with Gasteiger partial charge in [-0.2, -0.15) is 0 Å². The zero-order chi connectivity index (χ0) is 15.6. The van der Waals surface area contributed by atoms with Gasteiger partial charge in [0, 0.05) is 13.5 Å². The third-order valence-corrected chi connectivity index (χ3v) is 3.23. The maximum absolute atomic E-state index is 12.1. The fraction of sp³-hybridized carbons (Fsp3) is 0.267. The maximum Gasteiger partial charge on any atom is 0.358 e. The molecule has 0 radical (unpaired) electrons. The Kier molecular flexibility index (Phi) is 4.07. The van der Waals surface area contributed by atoms with Crippen molar-refractivity contribution in [2.45, 2.75) is 13.3 Å². The molecule has 2 aromatic rings. The fourth-order valence-electron chi connectivity index (χ4n) is 2.00. The molecule has 0 aliphatic carbocycles. The first kappa shape index (κ1) is 14.8. The molecule has 0 amide bonds. The van der Waals surface area contributed by atoms with Gasteiger partial charge in [0.1, 0.15) is 5.82 Å². The smallest absolute Gasteiger partial charge is 0.358 e. The van der Waals surface area contributed by atoms with Gasteiger partial charge in [0.2, 0.25) is 5.75 Å². The number of methoxy groups -OCH3 is 1. The van der Waals surface area contributed by atoms with Crippen LogP contribution in [-0.2, 0) is 13.5 Å². The molecule has 1 N–H and O–H groups in total. The van der Waals surface area contributed by atoms with Gasteiger partial charge in [-0.15, -0.1) is 0 Å². The number of nitrogens with zero attached hydrogens (tertiary/aromatic N) is 2. The summed E-state index contributed by atoms with van der Waals surface area (Å²) in [5, 5.41) is 9.15. The highest BCUT2D eigenvalue weighted by Crippen LogP contribution is 2.14. The van der Waals surface area contributed by atoms with Crippen molar-refractivity contribution in [1.29, 1.82) is 0 Å². The lowest BCUT2D eigenvalue weighted by Crippen LogP contribution is -2.27. The van der Waals surface area contributed by atoms with Gasteiger partial charge in [0.25, 0.3) is 5.56 Å². The van der Waals surface area contributed by atoms with E-state index in [1.165, 1.54) is 11.7 Å². The van der Waals surface area contributed by atoms with Crippen LogP contribution in [0.4, 0.5) is 0 Å². The molecule has 0 unspecified atom stereocenters. The molecule has 0 aliphatic rings. The number of hydrogen-bond donors (Lipinski definition) is 1. The molecule has 0 spiro atoms. The van der Waals surface area contributed by atoms with Gasteiger partial charge in [-0.1, -0.05) is 29.8 Å². The van der Waals surface area contributed by atoms with Crippen LogP contribution < -0.4 is 10.3 Å². The maximum atomic E-state index is 12.1. The molecule has 21 heavy (non-hydrogen) atoms. The number of benzene rings is 1. The summed E-state index contributed by atoms with van der Waals surface area (Å²) in [7, 11) is 2.80. The summed E-state index contributed by atoms with van der Waals surface area (Å²) in [5.41, 5.74) is 1.21. The van der Waals surface area contributed by atoms with E-state index in [0.717, 1.165) is 11.1 Å². The summed E-state index contributed by atoms with van der Waals surface area (Å²) in [6.45, 7) is 1.98. The lowest BCUT2D eigenvalue weighted by atomic mass is 10.1. The zero-order valence-electron chi connectivity index (χ0n) is 12.1. The van der Waals surface area contributed by atoms with Crippen LogP contribution >= 0.6 is 0 Å². The van der Waals surface area contributed by atoms with Gasteiger partial charge in [-0.3, -0.25) is 9.36 Å². The van der Waals surface area contributed by atoms with E-state index in [1.54, 1.807) is 7.05 Å². The molecular formula is C15H16N2O4. The second-order valence-electron chi connectivity index (χ2n) is 4.74. The van der Waals surface area contributed by atoms with E-state index < -0.39 is 11.5 Å². The predicted molar refractivity (Wildman–Crippen MR) is 77.0 cm³/mol. The van der Waals surface area contributed by atoms with E-state index in [-0.39, 0.29) is 11.4 Å². The second-order valence-corrected chi connectivity index (χ2v) is 4.74. The molecule has 6 heteroatoms. The van der Waals surface area contributed by atoms with Crippen molar-refractivity contribution < 1.29 is 14.6 Å². The van der Waals surface area contributed by atoms with Crippen molar-refractivity contribution in [1.82, 2.24) is 9.55 Å². The summed E-state index contributed by atoms with van der Waals surface area (Å²) >= 11 is 0. The lowest BCUT2D eigenvalue weighted by molar-refractivity contribution is 0.0685. The first-order chi connectivity index (χ1) is 9.93. The molecule has 1 aromatic heterocycles. The zero-order valence-corrected chi connectivity index (χ0v) is 12.1. The van der Waals surface area contributed by atoms with Crippen molar-refractivity contribution in [2.75, 3.05) is 7.11 Å². The number of carboxylic acid groups (broad SMARTS) is 1. The standard InChI is InChI=1S/C15H16N2O4/c1-9-4-6-10(7-5-9)8-11-16-12(15(19)20)13(21-3)14(18)17(11)2/h4-7H,8H2,1-3H3,(H,19,20).